The lowest BCUT2D eigenvalue weighted by Gasteiger charge is -2.11. The van der Waals surface area contributed by atoms with E-state index in [0.717, 1.165) is 5.56 Å². The van der Waals surface area contributed by atoms with E-state index in [9.17, 15) is 13.2 Å². The predicted octanol–water partition coefficient (Wildman–Crippen LogP) is 3.18. The van der Waals surface area contributed by atoms with E-state index in [-0.39, 0.29) is 16.7 Å². The lowest BCUT2D eigenvalue weighted by molar-refractivity contribution is 0.102. The molecule has 128 valence electrons. The number of hydrogen-bond acceptors (Lipinski definition) is 3. The van der Waals surface area contributed by atoms with Crippen LogP contribution in [0.25, 0.3) is 0 Å². The summed E-state index contributed by atoms with van der Waals surface area (Å²) in [5.41, 5.74) is 1.94. The molecule has 0 heterocycles. The van der Waals surface area contributed by atoms with Gasteiger partial charge in [-0.2, -0.15) is 0 Å². The average Bonchev–Trinajstić information content (AvgIpc) is 2.55. The van der Waals surface area contributed by atoms with Crippen molar-refractivity contribution in [2.75, 3.05) is 11.9 Å². The fourth-order valence-corrected chi connectivity index (χ4v) is 3.33. The zero-order valence-corrected chi connectivity index (χ0v) is 14.9. The molecule has 0 aliphatic rings. The minimum atomic E-state index is -3.62. The van der Waals surface area contributed by atoms with Crippen LogP contribution in [0.3, 0.4) is 0 Å². The zero-order chi connectivity index (χ0) is 17.7. The van der Waals surface area contributed by atoms with E-state index in [1.807, 2.05) is 39.0 Å². The van der Waals surface area contributed by atoms with E-state index in [0.29, 0.717) is 17.8 Å². The quantitative estimate of drug-likeness (QED) is 0.843. The molecule has 0 aromatic heterocycles. The van der Waals surface area contributed by atoms with Gasteiger partial charge < -0.3 is 5.32 Å². The molecule has 2 aromatic carbocycles. The average molecular weight is 346 g/mol. The molecule has 0 saturated heterocycles. The Morgan fingerprint density at radius 2 is 1.79 bits per heavy atom. The highest BCUT2D eigenvalue weighted by molar-refractivity contribution is 7.89. The van der Waals surface area contributed by atoms with Gasteiger partial charge in [0.1, 0.15) is 0 Å². The monoisotopic (exact) mass is 346 g/mol. The van der Waals surface area contributed by atoms with Crippen molar-refractivity contribution in [2.45, 2.75) is 25.7 Å². The van der Waals surface area contributed by atoms with E-state index < -0.39 is 10.0 Å². The van der Waals surface area contributed by atoms with E-state index in [2.05, 4.69) is 10.0 Å². The molecule has 0 spiro atoms. The maximum absolute atomic E-state index is 12.4. The van der Waals surface area contributed by atoms with Crippen LogP contribution in [-0.4, -0.2) is 20.9 Å². The molecule has 0 fully saturated rings. The first-order valence-corrected chi connectivity index (χ1v) is 9.24. The van der Waals surface area contributed by atoms with Crippen molar-refractivity contribution in [3.8, 4) is 0 Å². The summed E-state index contributed by atoms with van der Waals surface area (Å²) in [6.07, 6.45) is 0. The minimum Gasteiger partial charge on any atom is -0.322 e. The van der Waals surface area contributed by atoms with Crippen LogP contribution in [0.5, 0.6) is 0 Å². The second-order valence-corrected chi connectivity index (χ2v) is 7.81. The van der Waals surface area contributed by atoms with Crippen molar-refractivity contribution in [3.63, 3.8) is 0 Å². The molecule has 6 heteroatoms. The van der Waals surface area contributed by atoms with Crippen LogP contribution in [-0.2, 0) is 10.0 Å². The second-order valence-electron chi connectivity index (χ2n) is 6.04. The number of anilines is 1. The Balaban J connectivity index is 2.21. The fourth-order valence-electron chi connectivity index (χ4n) is 2.07. The van der Waals surface area contributed by atoms with Crippen molar-refractivity contribution in [1.82, 2.24) is 4.72 Å². The number of carbonyl (C=O) groups excluding carboxylic acids is 1. The van der Waals surface area contributed by atoms with Crippen molar-refractivity contribution < 1.29 is 13.2 Å². The molecule has 0 radical (unpaired) electrons. The lowest BCUT2D eigenvalue weighted by atomic mass is 10.1. The van der Waals surface area contributed by atoms with Crippen molar-refractivity contribution in [1.29, 1.82) is 0 Å². The Morgan fingerprint density at radius 3 is 2.46 bits per heavy atom. The van der Waals surface area contributed by atoms with Gasteiger partial charge in [0.15, 0.2) is 0 Å². The Morgan fingerprint density at radius 1 is 1.08 bits per heavy atom. The van der Waals surface area contributed by atoms with Gasteiger partial charge in [-0.1, -0.05) is 38.1 Å². The van der Waals surface area contributed by atoms with Gasteiger partial charge in [0.25, 0.3) is 5.91 Å². The zero-order valence-electron chi connectivity index (χ0n) is 14.0. The normalized spacial score (nSPS) is 11.5. The van der Waals surface area contributed by atoms with Crippen LogP contribution < -0.4 is 10.0 Å². The Hall–Kier alpha value is -2.18. The highest BCUT2D eigenvalue weighted by Gasteiger charge is 2.16. The third-order valence-electron chi connectivity index (χ3n) is 3.48. The van der Waals surface area contributed by atoms with Crippen LogP contribution in [0.2, 0.25) is 0 Å². The highest BCUT2D eigenvalue weighted by atomic mass is 32.2. The van der Waals surface area contributed by atoms with Gasteiger partial charge in [-0.3, -0.25) is 4.79 Å². The van der Waals surface area contributed by atoms with Gasteiger partial charge in [0, 0.05) is 17.8 Å². The maximum atomic E-state index is 12.4. The summed E-state index contributed by atoms with van der Waals surface area (Å²) in [7, 11) is -3.62. The third-order valence-corrected chi connectivity index (χ3v) is 4.90. The summed E-state index contributed by atoms with van der Waals surface area (Å²) in [6, 6.07) is 13.4. The number of rotatable bonds is 6. The lowest BCUT2D eigenvalue weighted by Crippen LogP contribution is -2.27. The molecule has 0 unspecified atom stereocenters. The standard InChI is InChI=1S/C18H22N2O3S/c1-13(2)12-19-24(22,23)16-9-6-8-15(11-16)18(21)20-17-10-5-4-7-14(17)3/h4-11,13,19H,12H2,1-3H3,(H,20,21). The first-order chi connectivity index (χ1) is 11.3. The molecule has 0 saturated carbocycles. The highest BCUT2D eigenvalue weighted by Crippen LogP contribution is 2.17. The van der Waals surface area contributed by atoms with Gasteiger partial charge in [-0.25, -0.2) is 13.1 Å². The first kappa shape index (κ1) is 18.2. The molecule has 2 N–H and O–H groups in total. The third kappa shape index (κ3) is 4.66. The maximum Gasteiger partial charge on any atom is 0.255 e. The second kappa shape index (κ2) is 7.59. The number of hydrogen-bond donors (Lipinski definition) is 2. The van der Waals surface area contributed by atoms with E-state index in [4.69, 9.17) is 0 Å². The first-order valence-electron chi connectivity index (χ1n) is 7.76. The summed E-state index contributed by atoms with van der Waals surface area (Å²) in [5, 5.41) is 2.80. The van der Waals surface area contributed by atoms with Crippen LogP contribution in [0.15, 0.2) is 53.4 Å². The van der Waals surface area contributed by atoms with Crippen molar-refractivity contribution >= 4 is 21.6 Å². The SMILES string of the molecule is Cc1ccccc1NC(=O)c1cccc(S(=O)(=O)NCC(C)C)c1. The van der Waals surface area contributed by atoms with E-state index in [1.54, 1.807) is 18.2 Å². The molecule has 0 bridgehead atoms. The minimum absolute atomic E-state index is 0.0839. The van der Waals surface area contributed by atoms with Gasteiger partial charge in [-0.05, 0) is 42.7 Å². The molecule has 1 amide bonds. The summed E-state index contributed by atoms with van der Waals surface area (Å²) in [6.45, 7) is 6.09. The molecular weight excluding hydrogens is 324 g/mol. The topological polar surface area (TPSA) is 75.3 Å². The summed E-state index contributed by atoms with van der Waals surface area (Å²) in [5.74, 6) is -0.141. The molecule has 24 heavy (non-hydrogen) atoms. The van der Waals surface area contributed by atoms with Gasteiger partial charge in [0.2, 0.25) is 10.0 Å². The largest absolute Gasteiger partial charge is 0.322 e. The number of amides is 1. The summed E-state index contributed by atoms with van der Waals surface area (Å²) in [4.78, 5) is 12.5. The Kier molecular flexibility index (Phi) is 5.75. The molecule has 0 aliphatic heterocycles. The van der Waals surface area contributed by atoms with E-state index >= 15 is 0 Å². The molecule has 5 nitrogen and oxygen atoms in total. The molecule has 0 aliphatic carbocycles. The summed E-state index contributed by atoms with van der Waals surface area (Å²) >= 11 is 0. The predicted molar refractivity (Wildman–Crippen MR) is 95.6 cm³/mol. The molecule has 2 aromatic rings. The number of carbonyl (C=O) groups is 1. The van der Waals surface area contributed by atoms with E-state index in [1.165, 1.54) is 12.1 Å². The number of aryl methyl sites for hydroxylation is 1. The van der Waals surface area contributed by atoms with Crippen LogP contribution in [0.4, 0.5) is 5.69 Å². The van der Waals surface area contributed by atoms with Crippen LogP contribution in [0, 0.1) is 12.8 Å². The van der Waals surface area contributed by atoms with Gasteiger partial charge in [0.05, 0.1) is 4.90 Å². The van der Waals surface area contributed by atoms with Crippen molar-refractivity contribution in [3.05, 3.63) is 59.7 Å². The molecular formula is C18H22N2O3S. The number of sulfonamides is 1. The van der Waals surface area contributed by atoms with Gasteiger partial charge >= 0.3 is 0 Å². The van der Waals surface area contributed by atoms with Crippen molar-refractivity contribution in [2.24, 2.45) is 5.92 Å². The fraction of sp³-hybridized carbons (Fsp3) is 0.278. The Bertz CT molecular complexity index is 830. The Labute approximate surface area is 143 Å². The smallest absolute Gasteiger partial charge is 0.255 e. The van der Waals surface area contributed by atoms with Gasteiger partial charge in [-0.15, -0.1) is 0 Å². The number of para-hydroxylation sites is 1. The molecule has 0 atom stereocenters. The number of nitrogens with one attached hydrogen (secondary N) is 2. The van der Waals surface area contributed by atoms with Crippen LogP contribution in [0.1, 0.15) is 29.8 Å². The molecule has 2 rings (SSSR count). The number of benzene rings is 2. The summed E-state index contributed by atoms with van der Waals surface area (Å²) < 4.78 is 27.1. The van der Waals surface area contributed by atoms with Crippen LogP contribution >= 0.6 is 0 Å².